The molecule has 0 bridgehead atoms. The Balaban J connectivity index is 1.29. The first-order valence-corrected chi connectivity index (χ1v) is 10.3. The van der Waals surface area contributed by atoms with Crippen LogP contribution in [-0.2, 0) is 9.53 Å². The molecule has 0 aromatic rings. The summed E-state index contributed by atoms with van der Waals surface area (Å²) in [6.45, 7) is 14.4. The number of likely N-dealkylation sites (tertiary alicyclic amines) is 1. The van der Waals surface area contributed by atoms with Crippen molar-refractivity contribution < 1.29 is 9.53 Å². The monoisotopic (exact) mass is 352 g/mol. The maximum absolute atomic E-state index is 12.6. The van der Waals surface area contributed by atoms with Crippen LogP contribution in [0.1, 0.15) is 32.6 Å². The molecule has 3 rings (SSSR count). The van der Waals surface area contributed by atoms with Crippen LogP contribution in [0.25, 0.3) is 0 Å². The minimum atomic E-state index is 0.341. The van der Waals surface area contributed by atoms with Crippen LogP contribution < -0.4 is 0 Å². The first kappa shape index (κ1) is 19.1. The van der Waals surface area contributed by atoms with E-state index in [4.69, 9.17) is 4.74 Å². The van der Waals surface area contributed by atoms with E-state index in [0.717, 1.165) is 59.0 Å². The van der Waals surface area contributed by atoms with Gasteiger partial charge in [-0.05, 0) is 45.7 Å². The zero-order valence-electron chi connectivity index (χ0n) is 16.0. The van der Waals surface area contributed by atoms with Gasteiger partial charge in [-0.2, -0.15) is 0 Å². The third kappa shape index (κ3) is 5.91. The number of hydrogen-bond donors (Lipinski definition) is 0. The van der Waals surface area contributed by atoms with Crippen LogP contribution in [0, 0.1) is 0 Å². The molecule has 144 valence electrons. The largest absolute Gasteiger partial charge is 0.379 e. The van der Waals surface area contributed by atoms with Crippen LogP contribution in [0.2, 0.25) is 0 Å². The number of carbonyl (C=O) groups is 1. The fourth-order valence-corrected chi connectivity index (χ4v) is 4.26. The summed E-state index contributed by atoms with van der Waals surface area (Å²) < 4.78 is 5.40. The van der Waals surface area contributed by atoms with Crippen molar-refractivity contribution in [2.45, 2.75) is 38.6 Å². The number of ether oxygens (including phenoxy) is 1. The Bertz CT molecular complexity index is 406. The highest BCUT2D eigenvalue weighted by Crippen LogP contribution is 2.17. The molecule has 3 aliphatic rings. The zero-order valence-corrected chi connectivity index (χ0v) is 16.0. The molecule has 3 fully saturated rings. The van der Waals surface area contributed by atoms with Crippen LogP contribution in [0.4, 0.5) is 0 Å². The lowest BCUT2D eigenvalue weighted by Crippen LogP contribution is -2.52. The Kier molecular flexibility index (Phi) is 7.52. The van der Waals surface area contributed by atoms with Gasteiger partial charge in [0.15, 0.2) is 0 Å². The first-order valence-electron chi connectivity index (χ1n) is 10.3. The van der Waals surface area contributed by atoms with E-state index in [2.05, 4.69) is 26.5 Å². The Morgan fingerprint density at radius 3 is 2.20 bits per heavy atom. The number of rotatable bonds is 6. The van der Waals surface area contributed by atoms with Crippen molar-refractivity contribution in [2.24, 2.45) is 0 Å². The molecular formula is C19H36N4O2. The summed E-state index contributed by atoms with van der Waals surface area (Å²) in [6.07, 6.45) is 4.86. The van der Waals surface area contributed by atoms with Crippen molar-refractivity contribution in [1.29, 1.82) is 0 Å². The third-order valence-corrected chi connectivity index (χ3v) is 6.00. The number of morpholine rings is 1. The predicted molar refractivity (Wildman–Crippen MR) is 99.8 cm³/mol. The Morgan fingerprint density at radius 2 is 1.52 bits per heavy atom. The SMILES string of the molecule is C[C@@H]1CCCCN1C(=O)CN1CCN(CCCN2CCOCC2)CC1. The van der Waals surface area contributed by atoms with Gasteiger partial charge < -0.3 is 14.5 Å². The summed E-state index contributed by atoms with van der Waals surface area (Å²) in [5, 5.41) is 0. The van der Waals surface area contributed by atoms with E-state index >= 15 is 0 Å². The lowest BCUT2D eigenvalue weighted by Gasteiger charge is -2.38. The highest BCUT2D eigenvalue weighted by Gasteiger charge is 2.26. The molecular weight excluding hydrogens is 316 g/mol. The van der Waals surface area contributed by atoms with Crippen LogP contribution in [0.5, 0.6) is 0 Å². The molecule has 3 aliphatic heterocycles. The Labute approximate surface area is 153 Å². The van der Waals surface area contributed by atoms with Crippen molar-refractivity contribution in [3.05, 3.63) is 0 Å². The van der Waals surface area contributed by atoms with Crippen LogP contribution in [0.15, 0.2) is 0 Å². The van der Waals surface area contributed by atoms with Gasteiger partial charge in [-0.15, -0.1) is 0 Å². The lowest BCUT2D eigenvalue weighted by molar-refractivity contribution is -0.136. The van der Waals surface area contributed by atoms with Crippen molar-refractivity contribution in [3.63, 3.8) is 0 Å². The number of nitrogens with zero attached hydrogens (tertiary/aromatic N) is 4. The summed E-state index contributed by atoms with van der Waals surface area (Å²) >= 11 is 0. The first-order chi connectivity index (χ1) is 12.2. The average Bonchev–Trinajstić information content (AvgIpc) is 2.64. The van der Waals surface area contributed by atoms with E-state index in [0.29, 0.717) is 18.5 Å². The van der Waals surface area contributed by atoms with Crippen molar-refractivity contribution in [1.82, 2.24) is 19.6 Å². The third-order valence-electron chi connectivity index (χ3n) is 6.00. The molecule has 1 amide bonds. The summed E-state index contributed by atoms with van der Waals surface area (Å²) in [5.74, 6) is 0.341. The second-order valence-electron chi connectivity index (χ2n) is 7.86. The molecule has 0 spiro atoms. The molecule has 6 heteroatoms. The minimum absolute atomic E-state index is 0.341. The topological polar surface area (TPSA) is 39.3 Å². The maximum Gasteiger partial charge on any atom is 0.236 e. The van der Waals surface area contributed by atoms with Gasteiger partial charge in [0.25, 0.3) is 0 Å². The molecule has 6 nitrogen and oxygen atoms in total. The normalized spacial score (nSPS) is 27.6. The van der Waals surface area contributed by atoms with Gasteiger partial charge in [-0.3, -0.25) is 14.6 Å². The van der Waals surface area contributed by atoms with E-state index in [9.17, 15) is 4.79 Å². The molecule has 0 unspecified atom stereocenters. The average molecular weight is 353 g/mol. The summed E-state index contributed by atoms with van der Waals surface area (Å²) in [4.78, 5) is 22.1. The van der Waals surface area contributed by atoms with Gasteiger partial charge in [0.05, 0.1) is 19.8 Å². The summed E-state index contributed by atoms with van der Waals surface area (Å²) in [5.41, 5.74) is 0. The molecule has 0 radical (unpaired) electrons. The van der Waals surface area contributed by atoms with Gasteiger partial charge in [0.1, 0.15) is 0 Å². The van der Waals surface area contributed by atoms with Crippen molar-refractivity contribution in [3.8, 4) is 0 Å². The molecule has 0 N–H and O–H groups in total. The highest BCUT2D eigenvalue weighted by atomic mass is 16.5. The number of amides is 1. The molecule has 3 saturated heterocycles. The van der Waals surface area contributed by atoms with Gasteiger partial charge in [-0.25, -0.2) is 0 Å². The maximum atomic E-state index is 12.6. The molecule has 25 heavy (non-hydrogen) atoms. The van der Waals surface area contributed by atoms with Gasteiger partial charge in [-0.1, -0.05) is 0 Å². The smallest absolute Gasteiger partial charge is 0.236 e. The van der Waals surface area contributed by atoms with E-state index in [1.54, 1.807) is 0 Å². The standard InChI is InChI=1S/C19H36N4O2/c1-18-5-2-3-8-23(18)19(24)17-22-11-9-20(10-12-22)6-4-7-21-13-15-25-16-14-21/h18H,2-17H2,1H3/t18-/m1/s1. The van der Waals surface area contributed by atoms with E-state index in [1.807, 2.05) is 0 Å². The summed E-state index contributed by atoms with van der Waals surface area (Å²) in [7, 11) is 0. The van der Waals surface area contributed by atoms with Crippen molar-refractivity contribution in [2.75, 3.05) is 78.7 Å². The van der Waals surface area contributed by atoms with Crippen LogP contribution >= 0.6 is 0 Å². The molecule has 0 aliphatic carbocycles. The molecule has 0 aromatic carbocycles. The Hall–Kier alpha value is -0.690. The summed E-state index contributed by atoms with van der Waals surface area (Å²) in [6, 6.07) is 0.433. The van der Waals surface area contributed by atoms with E-state index in [-0.39, 0.29) is 0 Å². The lowest BCUT2D eigenvalue weighted by atomic mass is 10.0. The van der Waals surface area contributed by atoms with Gasteiger partial charge in [0.2, 0.25) is 5.91 Å². The van der Waals surface area contributed by atoms with Crippen molar-refractivity contribution >= 4 is 5.91 Å². The van der Waals surface area contributed by atoms with Gasteiger partial charge in [0, 0.05) is 51.9 Å². The Morgan fingerprint density at radius 1 is 0.880 bits per heavy atom. The number of piperazine rings is 1. The van der Waals surface area contributed by atoms with Gasteiger partial charge >= 0.3 is 0 Å². The quantitative estimate of drug-likeness (QED) is 0.705. The minimum Gasteiger partial charge on any atom is -0.379 e. The number of carbonyl (C=O) groups excluding carboxylic acids is 1. The number of hydrogen-bond acceptors (Lipinski definition) is 5. The molecule has 0 aromatic heterocycles. The number of piperidine rings is 1. The second-order valence-corrected chi connectivity index (χ2v) is 7.86. The molecule has 0 saturated carbocycles. The van der Waals surface area contributed by atoms with E-state index in [1.165, 1.54) is 38.8 Å². The fourth-order valence-electron chi connectivity index (χ4n) is 4.26. The highest BCUT2D eigenvalue weighted by molar-refractivity contribution is 5.78. The van der Waals surface area contributed by atoms with Crippen LogP contribution in [0.3, 0.4) is 0 Å². The molecule has 1 atom stereocenters. The fraction of sp³-hybridized carbons (Fsp3) is 0.947. The second kappa shape index (κ2) is 9.86. The van der Waals surface area contributed by atoms with E-state index < -0.39 is 0 Å². The zero-order chi connectivity index (χ0) is 17.5. The molecule has 3 heterocycles. The van der Waals surface area contributed by atoms with Crippen LogP contribution in [-0.4, -0.2) is 110 Å². The predicted octanol–water partition coefficient (Wildman–Crippen LogP) is 0.727.